The molecule has 1 saturated heterocycles. The van der Waals surface area contributed by atoms with Crippen LogP contribution in [-0.2, 0) is 9.53 Å². The fourth-order valence-electron chi connectivity index (χ4n) is 4.40. The van der Waals surface area contributed by atoms with E-state index < -0.39 is 0 Å². The minimum absolute atomic E-state index is 0.119. The quantitative estimate of drug-likeness (QED) is 0.777. The Balaban J connectivity index is 1.30. The number of aryl methyl sites for hydroxylation is 2. The maximum atomic E-state index is 12.3. The van der Waals surface area contributed by atoms with Crippen LogP contribution in [0.1, 0.15) is 48.8 Å². The van der Waals surface area contributed by atoms with E-state index >= 15 is 0 Å². The lowest BCUT2D eigenvalue weighted by Crippen LogP contribution is -2.44. The van der Waals surface area contributed by atoms with Gasteiger partial charge in [-0.2, -0.15) is 0 Å². The number of amides is 1. The zero-order chi connectivity index (χ0) is 20.9. The third-order valence-electron chi connectivity index (χ3n) is 6.12. The first-order chi connectivity index (χ1) is 14.6. The molecule has 2 fully saturated rings. The highest BCUT2D eigenvalue weighted by Crippen LogP contribution is 2.38. The van der Waals surface area contributed by atoms with Crippen LogP contribution in [0.15, 0.2) is 16.8 Å². The summed E-state index contributed by atoms with van der Waals surface area (Å²) in [5.74, 6) is 2.54. The Morgan fingerprint density at radius 3 is 2.67 bits per heavy atom. The van der Waals surface area contributed by atoms with E-state index in [-0.39, 0.29) is 5.91 Å². The van der Waals surface area contributed by atoms with Crippen LogP contribution in [0.2, 0.25) is 0 Å². The predicted molar refractivity (Wildman–Crippen MR) is 112 cm³/mol. The fourth-order valence-corrected chi connectivity index (χ4v) is 4.40. The second kappa shape index (κ2) is 9.66. The number of hydrogen-bond acceptors (Lipinski definition) is 7. The topological polar surface area (TPSA) is 93.4 Å². The number of ether oxygens (including phenoxy) is 1. The summed E-state index contributed by atoms with van der Waals surface area (Å²) in [4.78, 5) is 23.5. The number of nitrogens with one attached hydrogen (secondary N) is 1. The van der Waals surface area contributed by atoms with Gasteiger partial charge in [0.15, 0.2) is 5.76 Å². The van der Waals surface area contributed by atoms with Gasteiger partial charge in [0.25, 0.3) is 0 Å². The zero-order valence-electron chi connectivity index (χ0n) is 17.9. The zero-order valence-corrected chi connectivity index (χ0v) is 17.9. The van der Waals surface area contributed by atoms with Gasteiger partial charge < -0.3 is 14.6 Å². The Labute approximate surface area is 177 Å². The SMILES string of the molecule is Cc1cc(-c2cnc(C)nc2C2CCC(CNC(=O)CN3CCOCC3)CC2)on1. The summed E-state index contributed by atoms with van der Waals surface area (Å²) >= 11 is 0. The average molecular weight is 414 g/mol. The maximum absolute atomic E-state index is 12.3. The first-order valence-corrected chi connectivity index (χ1v) is 10.9. The maximum Gasteiger partial charge on any atom is 0.234 e. The number of carbonyl (C=O) groups is 1. The molecule has 2 aromatic rings. The summed E-state index contributed by atoms with van der Waals surface area (Å²) in [5, 5.41) is 7.15. The average Bonchev–Trinajstić information content (AvgIpc) is 3.19. The summed E-state index contributed by atoms with van der Waals surface area (Å²) in [6.45, 7) is 8.18. The van der Waals surface area contributed by atoms with Gasteiger partial charge in [-0.05, 0) is 45.4 Å². The minimum atomic E-state index is 0.119. The summed E-state index contributed by atoms with van der Waals surface area (Å²) in [5.41, 5.74) is 2.87. The van der Waals surface area contributed by atoms with E-state index in [0.717, 1.165) is 87.1 Å². The number of nitrogens with zero attached hydrogens (tertiary/aromatic N) is 4. The van der Waals surface area contributed by atoms with Crippen molar-refractivity contribution < 1.29 is 14.1 Å². The van der Waals surface area contributed by atoms with E-state index in [4.69, 9.17) is 14.2 Å². The molecule has 8 nitrogen and oxygen atoms in total. The van der Waals surface area contributed by atoms with Gasteiger partial charge in [-0.3, -0.25) is 9.69 Å². The van der Waals surface area contributed by atoms with Crippen LogP contribution in [0.5, 0.6) is 0 Å². The van der Waals surface area contributed by atoms with Crippen molar-refractivity contribution in [1.29, 1.82) is 0 Å². The Morgan fingerprint density at radius 2 is 1.97 bits per heavy atom. The summed E-state index contributed by atoms with van der Waals surface area (Å²) in [6, 6.07) is 1.94. The van der Waals surface area contributed by atoms with Crippen LogP contribution in [-0.4, -0.2) is 65.3 Å². The second-order valence-corrected chi connectivity index (χ2v) is 8.46. The molecular weight excluding hydrogens is 382 g/mol. The highest BCUT2D eigenvalue weighted by Gasteiger charge is 2.27. The molecule has 0 spiro atoms. The van der Waals surface area contributed by atoms with Crippen LogP contribution < -0.4 is 5.32 Å². The van der Waals surface area contributed by atoms with Crippen molar-refractivity contribution in [2.45, 2.75) is 45.4 Å². The van der Waals surface area contributed by atoms with E-state index in [2.05, 4.69) is 20.4 Å². The van der Waals surface area contributed by atoms with E-state index in [1.54, 1.807) is 0 Å². The molecule has 1 amide bonds. The van der Waals surface area contributed by atoms with Gasteiger partial charge in [-0.1, -0.05) is 5.16 Å². The van der Waals surface area contributed by atoms with Crippen molar-refractivity contribution >= 4 is 5.91 Å². The van der Waals surface area contributed by atoms with Crippen molar-refractivity contribution in [3.05, 3.63) is 29.5 Å². The minimum Gasteiger partial charge on any atom is -0.379 e. The normalized spacial score (nSPS) is 22.7. The van der Waals surface area contributed by atoms with Gasteiger partial charge in [-0.25, -0.2) is 9.97 Å². The summed E-state index contributed by atoms with van der Waals surface area (Å²) < 4.78 is 10.8. The Kier molecular flexibility index (Phi) is 6.74. The molecule has 0 radical (unpaired) electrons. The third kappa shape index (κ3) is 5.23. The molecule has 0 atom stereocenters. The second-order valence-electron chi connectivity index (χ2n) is 8.46. The number of rotatable bonds is 6. The first kappa shape index (κ1) is 20.9. The molecule has 4 rings (SSSR count). The van der Waals surface area contributed by atoms with E-state index in [0.29, 0.717) is 18.4 Å². The lowest BCUT2D eigenvalue weighted by atomic mass is 9.79. The van der Waals surface area contributed by atoms with Gasteiger partial charge in [-0.15, -0.1) is 0 Å². The largest absolute Gasteiger partial charge is 0.379 e. The Hall–Kier alpha value is -2.32. The van der Waals surface area contributed by atoms with Crippen LogP contribution in [0.4, 0.5) is 0 Å². The van der Waals surface area contributed by atoms with Crippen molar-refractivity contribution in [3.8, 4) is 11.3 Å². The molecule has 3 heterocycles. The lowest BCUT2D eigenvalue weighted by Gasteiger charge is -2.30. The van der Waals surface area contributed by atoms with Gasteiger partial charge >= 0.3 is 0 Å². The summed E-state index contributed by atoms with van der Waals surface area (Å²) in [7, 11) is 0. The molecule has 162 valence electrons. The van der Waals surface area contributed by atoms with Gasteiger partial charge in [0.05, 0.1) is 36.7 Å². The molecule has 2 aliphatic rings. The fraction of sp³-hybridized carbons (Fsp3) is 0.636. The monoisotopic (exact) mass is 413 g/mol. The molecular formula is C22H31N5O3. The molecule has 1 saturated carbocycles. The van der Waals surface area contributed by atoms with Crippen molar-refractivity contribution in [2.75, 3.05) is 39.4 Å². The highest BCUT2D eigenvalue weighted by molar-refractivity contribution is 5.78. The molecule has 8 heteroatoms. The van der Waals surface area contributed by atoms with Crippen LogP contribution in [0.3, 0.4) is 0 Å². The molecule has 30 heavy (non-hydrogen) atoms. The predicted octanol–water partition coefficient (Wildman–Crippen LogP) is 2.47. The van der Waals surface area contributed by atoms with Crippen molar-refractivity contribution in [1.82, 2.24) is 25.3 Å². The summed E-state index contributed by atoms with van der Waals surface area (Å²) in [6.07, 6.45) is 6.14. The van der Waals surface area contributed by atoms with Gasteiger partial charge in [0, 0.05) is 37.8 Å². The Bertz CT molecular complexity index is 854. The van der Waals surface area contributed by atoms with Crippen molar-refractivity contribution in [3.63, 3.8) is 0 Å². The molecule has 0 unspecified atom stereocenters. The van der Waals surface area contributed by atoms with Crippen LogP contribution in [0.25, 0.3) is 11.3 Å². The van der Waals surface area contributed by atoms with Crippen molar-refractivity contribution in [2.24, 2.45) is 5.92 Å². The molecule has 2 aromatic heterocycles. The van der Waals surface area contributed by atoms with E-state index in [9.17, 15) is 4.79 Å². The highest BCUT2D eigenvalue weighted by atomic mass is 16.5. The number of aromatic nitrogens is 3. The number of morpholine rings is 1. The number of hydrogen-bond donors (Lipinski definition) is 1. The van der Waals surface area contributed by atoms with Gasteiger partial charge in [0.1, 0.15) is 5.82 Å². The van der Waals surface area contributed by atoms with Crippen LogP contribution >= 0.6 is 0 Å². The van der Waals surface area contributed by atoms with E-state index in [1.807, 2.05) is 26.1 Å². The third-order valence-corrected chi connectivity index (χ3v) is 6.12. The first-order valence-electron chi connectivity index (χ1n) is 10.9. The molecule has 1 aliphatic heterocycles. The van der Waals surface area contributed by atoms with Crippen LogP contribution in [0, 0.1) is 19.8 Å². The number of carbonyl (C=O) groups excluding carboxylic acids is 1. The lowest BCUT2D eigenvalue weighted by molar-refractivity contribution is -0.123. The smallest absolute Gasteiger partial charge is 0.234 e. The van der Waals surface area contributed by atoms with Gasteiger partial charge in [0.2, 0.25) is 5.91 Å². The molecule has 0 bridgehead atoms. The molecule has 1 N–H and O–H groups in total. The standard InChI is InChI=1S/C22H31N5O3/c1-15-11-20(30-26-15)19-13-23-16(2)25-22(19)18-5-3-17(4-6-18)12-24-21(28)14-27-7-9-29-10-8-27/h11,13,17-18H,3-10,12,14H2,1-2H3,(H,24,28). The molecule has 0 aromatic carbocycles. The Morgan fingerprint density at radius 1 is 1.20 bits per heavy atom. The van der Waals surface area contributed by atoms with E-state index in [1.165, 1.54) is 0 Å². The molecule has 1 aliphatic carbocycles.